The molecule has 0 aromatic carbocycles. The Morgan fingerprint density at radius 1 is 1.50 bits per heavy atom. The molecule has 3 aliphatic rings. The van der Waals surface area contributed by atoms with Crippen molar-refractivity contribution in [3.05, 3.63) is 30.2 Å². The Morgan fingerprint density at radius 3 is 3.12 bits per heavy atom. The molecule has 3 aliphatic heterocycles. The standard InChI is InChI=1S/C20H28N4O2/c1-4-5-6-19(25)22-9-15-16-11-24(12-20(16)8-7-17(15)26-20)18-10-21-13(2)14(3)23-18/h4,10,15-17H,1,5-9,11-12H2,2-3H3,(H,22,25)/t15-,16+,17+,20+/m0/s1. The normalized spacial score (nSPS) is 31.9. The van der Waals surface area contributed by atoms with Gasteiger partial charge in [0.25, 0.3) is 0 Å². The summed E-state index contributed by atoms with van der Waals surface area (Å²) in [7, 11) is 0. The third kappa shape index (κ3) is 2.90. The number of hydrogen-bond donors (Lipinski definition) is 1. The number of fused-ring (bicyclic) bond motifs is 1. The molecule has 140 valence electrons. The monoisotopic (exact) mass is 356 g/mol. The second-order valence-corrected chi connectivity index (χ2v) is 7.94. The van der Waals surface area contributed by atoms with Crippen molar-refractivity contribution in [2.75, 3.05) is 24.5 Å². The van der Waals surface area contributed by atoms with Crippen molar-refractivity contribution in [3.63, 3.8) is 0 Å². The number of hydrogen-bond acceptors (Lipinski definition) is 5. The molecule has 4 atom stereocenters. The van der Waals surface area contributed by atoms with E-state index in [0.717, 1.165) is 49.6 Å². The molecule has 1 spiro atoms. The summed E-state index contributed by atoms with van der Waals surface area (Å²) in [6, 6.07) is 0. The minimum atomic E-state index is -0.0678. The molecule has 4 heterocycles. The molecular weight excluding hydrogens is 328 g/mol. The SMILES string of the molecule is C=CCCC(=O)NC[C@H]1[C@H]2CN(c3cnc(C)c(C)n3)C[C@]23CC[C@H]1O3. The van der Waals surface area contributed by atoms with Gasteiger partial charge in [-0.15, -0.1) is 6.58 Å². The zero-order valence-corrected chi connectivity index (χ0v) is 15.7. The van der Waals surface area contributed by atoms with Crippen molar-refractivity contribution in [3.8, 4) is 0 Å². The number of aromatic nitrogens is 2. The third-order valence-electron chi connectivity index (χ3n) is 6.40. The molecule has 0 radical (unpaired) electrons. The molecule has 0 aliphatic carbocycles. The van der Waals surface area contributed by atoms with E-state index in [-0.39, 0.29) is 17.6 Å². The highest BCUT2D eigenvalue weighted by atomic mass is 16.5. The van der Waals surface area contributed by atoms with E-state index in [1.165, 1.54) is 0 Å². The molecule has 26 heavy (non-hydrogen) atoms. The van der Waals surface area contributed by atoms with Gasteiger partial charge in [-0.2, -0.15) is 0 Å². The fraction of sp³-hybridized carbons (Fsp3) is 0.650. The van der Waals surface area contributed by atoms with Gasteiger partial charge in [-0.1, -0.05) is 6.08 Å². The van der Waals surface area contributed by atoms with E-state index >= 15 is 0 Å². The lowest BCUT2D eigenvalue weighted by molar-refractivity contribution is -0.121. The van der Waals surface area contributed by atoms with Crippen LogP contribution in [-0.4, -0.2) is 47.2 Å². The third-order valence-corrected chi connectivity index (χ3v) is 6.40. The Morgan fingerprint density at radius 2 is 2.35 bits per heavy atom. The first-order valence-corrected chi connectivity index (χ1v) is 9.63. The Hall–Kier alpha value is -1.95. The summed E-state index contributed by atoms with van der Waals surface area (Å²) in [5, 5.41) is 3.11. The zero-order valence-electron chi connectivity index (χ0n) is 15.7. The van der Waals surface area contributed by atoms with Gasteiger partial charge in [0.2, 0.25) is 5.91 Å². The summed E-state index contributed by atoms with van der Waals surface area (Å²) in [6.45, 7) is 10.2. The van der Waals surface area contributed by atoms with Crippen molar-refractivity contribution >= 4 is 11.7 Å². The van der Waals surface area contributed by atoms with Crippen LogP contribution in [0.25, 0.3) is 0 Å². The van der Waals surface area contributed by atoms with Crippen LogP contribution in [0.3, 0.4) is 0 Å². The van der Waals surface area contributed by atoms with Gasteiger partial charge >= 0.3 is 0 Å². The highest BCUT2D eigenvalue weighted by molar-refractivity contribution is 5.76. The van der Waals surface area contributed by atoms with E-state index in [1.54, 1.807) is 6.08 Å². The number of rotatable bonds is 6. The molecule has 1 amide bonds. The first kappa shape index (κ1) is 17.5. The van der Waals surface area contributed by atoms with Gasteiger partial charge in [0.1, 0.15) is 5.82 Å². The Bertz CT molecular complexity index is 722. The van der Waals surface area contributed by atoms with Crippen molar-refractivity contribution in [2.24, 2.45) is 11.8 Å². The molecule has 6 nitrogen and oxygen atoms in total. The zero-order chi connectivity index (χ0) is 18.3. The van der Waals surface area contributed by atoms with Crippen LogP contribution >= 0.6 is 0 Å². The predicted molar refractivity (Wildman–Crippen MR) is 100.0 cm³/mol. The second-order valence-electron chi connectivity index (χ2n) is 7.94. The molecule has 3 saturated heterocycles. The largest absolute Gasteiger partial charge is 0.369 e. The maximum Gasteiger partial charge on any atom is 0.220 e. The average Bonchev–Trinajstić information content (AvgIpc) is 3.28. The number of anilines is 1. The van der Waals surface area contributed by atoms with Crippen LogP contribution < -0.4 is 10.2 Å². The summed E-state index contributed by atoms with van der Waals surface area (Å²) < 4.78 is 6.46. The van der Waals surface area contributed by atoms with E-state index in [1.807, 2.05) is 20.0 Å². The summed E-state index contributed by atoms with van der Waals surface area (Å²) in [6.07, 6.45) is 7.39. The lowest BCUT2D eigenvalue weighted by Crippen LogP contribution is -2.41. The van der Waals surface area contributed by atoms with Gasteiger partial charge in [0, 0.05) is 37.9 Å². The second kappa shape index (κ2) is 6.65. The fourth-order valence-corrected chi connectivity index (χ4v) is 4.87. The van der Waals surface area contributed by atoms with Gasteiger partial charge in [0.15, 0.2) is 0 Å². The number of allylic oxidation sites excluding steroid dienone is 1. The lowest BCUT2D eigenvalue weighted by Gasteiger charge is -2.29. The minimum Gasteiger partial charge on any atom is -0.369 e. The first-order valence-electron chi connectivity index (χ1n) is 9.63. The molecule has 1 N–H and O–H groups in total. The van der Waals surface area contributed by atoms with Crippen molar-refractivity contribution in [1.29, 1.82) is 0 Å². The maximum absolute atomic E-state index is 12.0. The van der Waals surface area contributed by atoms with E-state index in [2.05, 4.69) is 21.8 Å². The number of carbonyl (C=O) groups excluding carboxylic acids is 1. The molecule has 4 rings (SSSR count). The summed E-state index contributed by atoms with van der Waals surface area (Å²) in [5.41, 5.74) is 1.89. The van der Waals surface area contributed by atoms with Crippen molar-refractivity contribution in [2.45, 2.75) is 51.2 Å². The van der Waals surface area contributed by atoms with Crippen LogP contribution in [0.15, 0.2) is 18.9 Å². The van der Waals surface area contributed by atoms with Crippen LogP contribution in [0.4, 0.5) is 5.82 Å². The number of carbonyl (C=O) groups is 1. The lowest BCUT2D eigenvalue weighted by atomic mass is 9.73. The molecular formula is C20H28N4O2. The number of ether oxygens (including phenoxy) is 1. The molecule has 0 saturated carbocycles. The van der Waals surface area contributed by atoms with Crippen molar-refractivity contribution < 1.29 is 9.53 Å². The highest BCUT2D eigenvalue weighted by Crippen LogP contribution is 2.55. The van der Waals surface area contributed by atoms with Crippen LogP contribution in [0.2, 0.25) is 0 Å². The predicted octanol–water partition coefficient (Wildman–Crippen LogP) is 2.16. The Kier molecular flexibility index (Phi) is 4.47. The number of nitrogens with one attached hydrogen (secondary N) is 1. The summed E-state index contributed by atoms with van der Waals surface area (Å²) in [4.78, 5) is 23.5. The molecule has 6 heteroatoms. The van der Waals surface area contributed by atoms with E-state index in [0.29, 0.717) is 24.8 Å². The quantitative estimate of drug-likeness (QED) is 0.791. The summed E-state index contributed by atoms with van der Waals surface area (Å²) in [5.74, 6) is 1.89. The molecule has 1 aromatic rings. The number of aryl methyl sites for hydroxylation is 2. The Labute approximate surface area is 155 Å². The van der Waals surface area contributed by atoms with Gasteiger partial charge in [-0.25, -0.2) is 4.98 Å². The van der Waals surface area contributed by atoms with E-state index in [4.69, 9.17) is 9.72 Å². The average molecular weight is 356 g/mol. The van der Waals surface area contributed by atoms with Crippen LogP contribution in [0.5, 0.6) is 0 Å². The summed E-state index contributed by atoms with van der Waals surface area (Å²) >= 11 is 0. The molecule has 3 fully saturated rings. The first-order chi connectivity index (χ1) is 12.5. The molecule has 1 aromatic heterocycles. The fourth-order valence-electron chi connectivity index (χ4n) is 4.87. The highest BCUT2D eigenvalue weighted by Gasteiger charge is 2.63. The van der Waals surface area contributed by atoms with Crippen LogP contribution in [-0.2, 0) is 9.53 Å². The smallest absolute Gasteiger partial charge is 0.220 e. The topological polar surface area (TPSA) is 67.4 Å². The van der Waals surface area contributed by atoms with Gasteiger partial charge in [-0.3, -0.25) is 9.78 Å². The number of amides is 1. The number of nitrogens with zero attached hydrogens (tertiary/aromatic N) is 3. The van der Waals surface area contributed by atoms with E-state index in [9.17, 15) is 4.79 Å². The van der Waals surface area contributed by atoms with Gasteiger partial charge < -0.3 is 15.0 Å². The van der Waals surface area contributed by atoms with Crippen LogP contribution in [0.1, 0.15) is 37.1 Å². The van der Waals surface area contributed by atoms with Gasteiger partial charge in [0.05, 0.1) is 29.3 Å². The van der Waals surface area contributed by atoms with Crippen molar-refractivity contribution in [1.82, 2.24) is 15.3 Å². The van der Waals surface area contributed by atoms with E-state index < -0.39 is 0 Å². The van der Waals surface area contributed by atoms with Crippen LogP contribution in [0, 0.1) is 25.7 Å². The minimum absolute atomic E-state index is 0.0678. The Balaban J connectivity index is 1.45. The maximum atomic E-state index is 12.0. The van der Waals surface area contributed by atoms with Gasteiger partial charge in [-0.05, 0) is 33.1 Å². The molecule has 0 unspecified atom stereocenters. The molecule has 2 bridgehead atoms.